The van der Waals surface area contributed by atoms with Gasteiger partial charge in [-0.05, 0) is 25.5 Å². The average molecular weight is 461 g/mol. The summed E-state index contributed by atoms with van der Waals surface area (Å²) < 4.78 is 6.99. The molecule has 2 aromatic rings. The maximum atomic E-state index is 10.6. The smallest absolute Gasteiger partial charge is 0.191 e. The van der Waals surface area contributed by atoms with Crippen LogP contribution in [0.4, 0.5) is 0 Å². The van der Waals surface area contributed by atoms with Crippen molar-refractivity contribution < 1.29 is 9.52 Å². The van der Waals surface area contributed by atoms with Gasteiger partial charge in [-0.15, -0.1) is 24.0 Å². The zero-order valence-electron chi connectivity index (χ0n) is 15.0. The highest BCUT2D eigenvalue weighted by Gasteiger charge is 2.24. The number of nitrogens with one attached hydrogen (secondary N) is 2. The van der Waals surface area contributed by atoms with Crippen LogP contribution in [-0.4, -0.2) is 40.5 Å². The molecule has 3 N–H and O–H groups in total. The maximum absolute atomic E-state index is 10.6. The minimum Gasteiger partial charge on any atom is -0.469 e. The largest absolute Gasteiger partial charge is 0.469 e. The minimum absolute atomic E-state index is 0. The van der Waals surface area contributed by atoms with Crippen molar-refractivity contribution in [3.05, 3.63) is 42.1 Å². The Hall–Kier alpha value is -1.55. The third kappa shape index (κ3) is 7.07. The highest BCUT2D eigenvalue weighted by Crippen LogP contribution is 2.19. The molecule has 140 valence electrons. The molecule has 0 fully saturated rings. The minimum atomic E-state index is -1.06. The van der Waals surface area contributed by atoms with Crippen LogP contribution in [0, 0.1) is 0 Å². The van der Waals surface area contributed by atoms with Crippen molar-refractivity contribution in [1.82, 2.24) is 20.4 Å². The van der Waals surface area contributed by atoms with Crippen molar-refractivity contribution in [2.24, 2.45) is 12.0 Å². The highest BCUT2D eigenvalue weighted by molar-refractivity contribution is 14.0. The number of nitrogens with zero attached hydrogens (tertiary/aromatic N) is 3. The Bertz CT molecular complexity index is 637. The van der Waals surface area contributed by atoms with Gasteiger partial charge in [0.25, 0.3) is 0 Å². The number of aryl methyl sites for hydroxylation is 1. The molecule has 1 atom stereocenters. The third-order valence-electron chi connectivity index (χ3n) is 3.66. The summed E-state index contributed by atoms with van der Waals surface area (Å²) in [6, 6.07) is 3.83. The Morgan fingerprint density at radius 1 is 1.40 bits per heavy atom. The molecule has 1 unspecified atom stereocenters. The lowest BCUT2D eigenvalue weighted by Gasteiger charge is -2.20. The molecule has 0 aliphatic rings. The lowest BCUT2D eigenvalue weighted by atomic mass is 10.0. The Morgan fingerprint density at radius 3 is 2.76 bits per heavy atom. The molecule has 0 spiro atoms. The molecule has 0 aliphatic carbocycles. The number of aliphatic hydroxyl groups is 1. The van der Waals surface area contributed by atoms with E-state index in [-0.39, 0.29) is 30.5 Å². The first kappa shape index (κ1) is 21.5. The molecule has 8 heteroatoms. The number of halogens is 1. The van der Waals surface area contributed by atoms with Gasteiger partial charge >= 0.3 is 0 Å². The predicted octanol–water partition coefficient (Wildman–Crippen LogP) is 2.03. The van der Waals surface area contributed by atoms with Crippen LogP contribution in [0.1, 0.15) is 31.6 Å². The molecule has 0 radical (unpaired) electrons. The van der Waals surface area contributed by atoms with Crippen LogP contribution in [-0.2, 0) is 19.1 Å². The fourth-order valence-electron chi connectivity index (χ4n) is 2.20. The number of hydrogen-bond acceptors (Lipinski definition) is 4. The average Bonchev–Trinajstić information content (AvgIpc) is 3.21. The van der Waals surface area contributed by atoms with E-state index in [1.165, 1.54) is 0 Å². The summed E-state index contributed by atoms with van der Waals surface area (Å²) >= 11 is 0. The Balaban J connectivity index is 0.00000312. The first-order valence-electron chi connectivity index (χ1n) is 8.27. The summed E-state index contributed by atoms with van der Waals surface area (Å²) in [5.74, 6) is 1.62. The molecule has 0 amide bonds. The van der Waals surface area contributed by atoms with Gasteiger partial charge in [0, 0.05) is 38.3 Å². The normalized spacial score (nSPS) is 13.8. The van der Waals surface area contributed by atoms with E-state index in [0.29, 0.717) is 12.5 Å². The van der Waals surface area contributed by atoms with Crippen molar-refractivity contribution in [3.8, 4) is 0 Å². The molecule has 2 aromatic heterocycles. The fraction of sp³-hybridized carbons (Fsp3) is 0.529. The summed E-state index contributed by atoms with van der Waals surface area (Å²) in [4.78, 5) is 4.51. The highest BCUT2D eigenvalue weighted by atomic mass is 127. The van der Waals surface area contributed by atoms with Crippen LogP contribution in [0.2, 0.25) is 0 Å². The second kappa shape index (κ2) is 10.4. The molecule has 2 heterocycles. The Labute approximate surface area is 165 Å². The van der Waals surface area contributed by atoms with E-state index < -0.39 is 5.60 Å². The lowest BCUT2D eigenvalue weighted by molar-refractivity contribution is 0.0672. The van der Waals surface area contributed by atoms with Gasteiger partial charge in [-0.2, -0.15) is 5.10 Å². The van der Waals surface area contributed by atoms with Crippen LogP contribution in [0.25, 0.3) is 0 Å². The first-order chi connectivity index (χ1) is 11.5. The molecule has 0 bridgehead atoms. The van der Waals surface area contributed by atoms with Crippen LogP contribution in [0.5, 0.6) is 0 Å². The summed E-state index contributed by atoms with van der Waals surface area (Å²) in [7, 11) is 1.83. The van der Waals surface area contributed by atoms with Gasteiger partial charge in [0.1, 0.15) is 11.4 Å². The number of furan rings is 1. The molecule has 0 aliphatic heterocycles. The number of rotatable bonds is 8. The number of aliphatic imine (C=N–C) groups is 1. The van der Waals surface area contributed by atoms with Crippen LogP contribution < -0.4 is 10.6 Å². The van der Waals surface area contributed by atoms with E-state index in [9.17, 15) is 5.11 Å². The number of guanidine groups is 1. The Morgan fingerprint density at radius 2 is 2.16 bits per heavy atom. The van der Waals surface area contributed by atoms with Crippen molar-refractivity contribution in [2.45, 2.75) is 32.3 Å². The van der Waals surface area contributed by atoms with Crippen molar-refractivity contribution in [2.75, 3.05) is 19.6 Å². The van der Waals surface area contributed by atoms with E-state index in [1.807, 2.05) is 19.2 Å². The SMILES string of the molecule is CCCNC(=NCC(C)(O)c1cnn(C)c1)NCCc1ccco1.I. The van der Waals surface area contributed by atoms with E-state index in [2.05, 4.69) is 27.6 Å². The molecule has 0 saturated carbocycles. The van der Waals surface area contributed by atoms with Crippen molar-refractivity contribution >= 4 is 29.9 Å². The first-order valence-corrected chi connectivity index (χ1v) is 8.27. The molecule has 0 saturated heterocycles. The second-order valence-electron chi connectivity index (χ2n) is 6.02. The van der Waals surface area contributed by atoms with Gasteiger partial charge in [0.05, 0.1) is 19.0 Å². The number of aromatic nitrogens is 2. The van der Waals surface area contributed by atoms with Gasteiger partial charge < -0.3 is 20.2 Å². The van der Waals surface area contributed by atoms with Crippen LogP contribution in [0.15, 0.2) is 40.2 Å². The maximum Gasteiger partial charge on any atom is 0.191 e. The lowest BCUT2D eigenvalue weighted by Crippen LogP contribution is -2.40. The monoisotopic (exact) mass is 461 g/mol. The van der Waals surface area contributed by atoms with Crippen molar-refractivity contribution in [1.29, 1.82) is 0 Å². The van der Waals surface area contributed by atoms with Gasteiger partial charge in [-0.25, -0.2) is 4.99 Å². The van der Waals surface area contributed by atoms with E-state index in [0.717, 1.165) is 30.7 Å². The van der Waals surface area contributed by atoms with Crippen LogP contribution >= 0.6 is 24.0 Å². The predicted molar refractivity (Wildman–Crippen MR) is 109 cm³/mol. The second-order valence-corrected chi connectivity index (χ2v) is 6.02. The molecule has 25 heavy (non-hydrogen) atoms. The van der Waals surface area contributed by atoms with Crippen LogP contribution in [0.3, 0.4) is 0 Å². The third-order valence-corrected chi connectivity index (χ3v) is 3.66. The van der Waals surface area contributed by atoms with Crippen molar-refractivity contribution in [3.63, 3.8) is 0 Å². The van der Waals surface area contributed by atoms with Gasteiger partial charge in [-0.3, -0.25) is 4.68 Å². The van der Waals surface area contributed by atoms with Gasteiger partial charge in [0.2, 0.25) is 0 Å². The van der Waals surface area contributed by atoms with Gasteiger partial charge in [-0.1, -0.05) is 6.92 Å². The molecular formula is C17H28IN5O2. The zero-order chi connectivity index (χ0) is 17.4. The number of hydrogen-bond donors (Lipinski definition) is 3. The quantitative estimate of drug-likeness (QED) is 0.318. The summed E-state index contributed by atoms with van der Waals surface area (Å²) in [6.45, 7) is 5.62. The van der Waals surface area contributed by atoms with E-state index in [1.54, 1.807) is 30.3 Å². The Kier molecular flexibility index (Phi) is 8.98. The standard InChI is InChI=1S/C17H27N5O2.HI/c1-4-8-18-16(19-9-7-15-6-5-10-24-15)20-13-17(2,23)14-11-21-22(3)12-14;/h5-6,10-12,23H,4,7-9,13H2,1-3H3,(H2,18,19,20);1H. The molecule has 0 aromatic carbocycles. The van der Waals surface area contributed by atoms with E-state index in [4.69, 9.17) is 4.42 Å². The topological polar surface area (TPSA) is 87.6 Å². The molecule has 7 nitrogen and oxygen atoms in total. The molecule has 2 rings (SSSR count). The fourth-order valence-corrected chi connectivity index (χ4v) is 2.20. The summed E-state index contributed by atoms with van der Waals surface area (Å²) in [6.07, 6.45) is 6.92. The summed E-state index contributed by atoms with van der Waals surface area (Å²) in [5, 5.41) is 21.2. The summed E-state index contributed by atoms with van der Waals surface area (Å²) in [5.41, 5.74) is -0.310. The van der Waals surface area contributed by atoms with Gasteiger partial charge in [0.15, 0.2) is 5.96 Å². The van der Waals surface area contributed by atoms with E-state index >= 15 is 0 Å². The zero-order valence-corrected chi connectivity index (χ0v) is 17.4. The molecular weight excluding hydrogens is 433 g/mol.